The van der Waals surface area contributed by atoms with Gasteiger partial charge in [-0.05, 0) is 85.3 Å². The molecule has 0 radical (unpaired) electrons. The number of hydrogen-bond donors (Lipinski definition) is 1. The second-order valence-corrected chi connectivity index (χ2v) is 12.2. The van der Waals surface area contributed by atoms with E-state index in [1.165, 1.54) is 30.1 Å². The van der Waals surface area contributed by atoms with Crippen molar-refractivity contribution in [2.24, 2.45) is 4.99 Å². The Morgan fingerprint density at radius 2 is 1.90 bits per heavy atom. The monoisotopic (exact) mass is 756 g/mol. The van der Waals surface area contributed by atoms with E-state index in [-0.39, 0.29) is 17.2 Å². The number of halogens is 2. The Labute approximate surface area is 261 Å². The molecule has 0 saturated carbocycles. The standard InChI is InChI=1S/C28H26BrIN2O8S/c1-13(2)40-27(36)23-14(3)31-28-32(24(23)17-11-16(29)6-7-19(17)37-4)26(35)21(41-28)10-15-8-18(30)25(20(9-15)38-5)39-12-22(33)34/h6-11,13,24H,12H2,1-5H3,(H,33,34)/b21-10-/t24-/m1/s1. The lowest BCUT2D eigenvalue weighted by Crippen LogP contribution is -2.40. The van der Waals surface area contributed by atoms with E-state index in [1.807, 2.05) is 34.7 Å². The summed E-state index contributed by atoms with van der Waals surface area (Å²) < 4.78 is 25.2. The van der Waals surface area contributed by atoms with E-state index in [0.29, 0.717) is 47.0 Å². The zero-order valence-electron chi connectivity index (χ0n) is 22.7. The molecule has 0 fully saturated rings. The summed E-state index contributed by atoms with van der Waals surface area (Å²) in [5.74, 6) is -0.577. The van der Waals surface area contributed by atoms with Crippen LogP contribution in [0.5, 0.6) is 17.2 Å². The normalized spacial score (nSPS) is 14.9. The molecule has 1 aliphatic heterocycles. The molecular weight excluding hydrogens is 731 g/mol. The largest absolute Gasteiger partial charge is 0.496 e. The molecule has 216 valence electrons. The van der Waals surface area contributed by atoms with Crippen LogP contribution in [0, 0.1) is 3.57 Å². The molecule has 0 spiro atoms. The Kier molecular flexibility index (Phi) is 9.59. The van der Waals surface area contributed by atoms with Gasteiger partial charge in [0.25, 0.3) is 5.56 Å². The molecule has 1 atom stereocenters. The van der Waals surface area contributed by atoms with Gasteiger partial charge in [-0.2, -0.15) is 0 Å². The van der Waals surface area contributed by atoms with E-state index in [1.54, 1.807) is 45.0 Å². The molecule has 0 unspecified atom stereocenters. The predicted octanol–water partition coefficient (Wildman–Crippen LogP) is 4.03. The van der Waals surface area contributed by atoms with E-state index >= 15 is 0 Å². The van der Waals surface area contributed by atoms with E-state index in [2.05, 4.69) is 20.9 Å². The minimum absolute atomic E-state index is 0.241. The van der Waals surface area contributed by atoms with Crippen molar-refractivity contribution < 1.29 is 33.6 Å². The number of carboxylic acid groups (broad SMARTS) is 1. The highest BCUT2D eigenvalue weighted by Gasteiger charge is 2.35. The van der Waals surface area contributed by atoms with Gasteiger partial charge in [0.05, 0.1) is 39.7 Å². The molecule has 4 rings (SSSR count). The maximum Gasteiger partial charge on any atom is 0.341 e. The first-order valence-electron chi connectivity index (χ1n) is 12.2. The van der Waals surface area contributed by atoms with Crippen molar-refractivity contribution in [3.8, 4) is 17.2 Å². The van der Waals surface area contributed by atoms with Gasteiger partial charge in [0, 0.05) is 10.0 Å². The van der Waals surface area contributed by atoms with Gasteiger partial charge in [0.2, 0.25) is 0 Å². The summed E-state index contributed by atoms with van der Waals surface area (Å²) in [7, 11) is 2.97. The zero-order chi connectivity index (χ0) is 30.0. The van der Waals surface area contributed by atoms with Crippen molar-refractivity contribution >= 4 is 67.9 Å². The number of hydrogen-bond acceptors (Lipinski definition) is 9. The lowest BCUT2D eigenvalue weighted by Gasteiger charge is -2.26. The van der Waals surface area contributed by atoms with Crippen LogP contribution in [0.2, 0.25) is 0 Å². The first-order valence-corrected chi connectivity index (χ1v) is 14.9. The third kappa shape index (κ3) is 6.51. The highest BCUT2D eigenvalue weighted by Crippen LogP contribution is 2.38. The zero-order valence-corrected chi connectivity index (χ0v) is 27.2. The Bertz CT molecular complexity index is 1740. The number of nitrogens with zero attached hydrogens (tertiary/aromatic N) is 2. The Hall–Kier alpha value is -3.17. The predicted molar refractivity (Wildman–Crippen MR) is 165 cm³/mol. The number of carbonyl (C=O) groups is 2. The van der Waals surface area contributed by atoms with E-state index in [9.17, 15) is 14.4 Å². The molecule has 0 saturated heterocycles. The molecule has 3 aromatic rings. The molecule has 0 bridgehead atoms. The van der Waals surface area contributed by atoms with Gasteiger partial charge in [0.1, 0.15) is 11.8 Å². The number of benzene rings is 2. The van der Waals surface area contributed by atoms with Gasteiger partial charge in [-0.15, -0.1) is 0 Å². The number of allylic oxidation sites excluding steroid dienone is 1. The highest BCUT2D eigenvalue weighted by molar-refractivity contribution is 14.1. The number of aromatic nitrogens is 1. The smallest absolute Gasteiger partial charge is 0.341 e. The lowest BCUT2D eigenvalue weighted by molar-refractivity contribution is -0.143. The van der Waals surface area contributed by atoms with Crippen LogP contribution in [0.1, 0.15) is 37.9 Å². The SMILES string of the molecule is COc1ccc(Br)cc1[C@@H]1C(C(=O)OC(C)C)=C(C)N=c2s/c(=C\c3cc(I)c(OCC(=O)O)c(OC)c3)c(=O)n21. The molecular formula is C28H26BrIN2O8S. The molecule has 41 heavy (non-hydrogen) atoms. The van der Waals surface area contributed by atoms with Crippen molar-refractivity contribution in [2.75, 3.05) is 20.8 Å². The maximum atomic E-state index is 14.0. The van der Waals surface area contributed by atoms with Crippen molar-refractivity contribution in [1.29, 1.82) is 0 Å². The number of rotatable bonds is 9. The highest BCUT2D eigenvalue weighted by atomic mass is 127. The summed E-state index contributed by atoms with van der Waals surface area (Å²) in [5.41, 5.74) is 1.54. The minimum atomic E-state index is -1.11. The molecule has 1 aliphatic rings. The number of ether oxygens (including phenoxy) is 4. The molecule has 10 nitrogen and oxygen atoms in total. The van der Waals surface area contributed by atoms with Gasteiger partial charge < -0.3 is 24.1 Å². The molecule has 1 aromatic heterocycles. The van der Waals surface area contributed by atoms with Crippen molar-refractivity contribution in [2.45, 2.75) is 32.9 Å². The van der Waals surface area contributed by atoms with Crippen LogP contribution < -0.4 is 29.1 Å². The van der Waals surface area contributed by atoms with E-state index < -0.39 is 24.6 Å². The van der Waals surface area contributed by atoms with Crippen LogP contribution in [-0.2, 0) is 14.3 Å². The number of carbonyl (C=O) groups excluding carboxylic acids is 1. The molecule has 13 heteroatoms. The number of thiazole rings is 1. The van der Waals surface area contributed by atoms with Gasteiger partial charge in [-0.3, -0.25) is 9.36 Å². The van der Waals surface area contributed by atoms with E-state index in [4.69, 9.17) is 24.1 Å². The summed E-state index contributed by atoms with van der Waals surface area (Å²) in [6, 6.07) is 7.94. The van der Waals surface area contributed by atoms with Crippen molar-refractivity contribution in [3.05, 3.63) is 80.5 Å². The quantitative estimate of drug-likeness (QED) is 0.257. The van der Waals surface area contributed by atoms with Crippen LogP contribution >= 0.6 is 49.9 Å². The number of methoxy groups -OCH3 is 2. The summed E-state index contributed by atoms with van der Waals surface area (Å²) in [6.45, 7) is 4.70. The first-order chi connectivity index (χ1) is 19.4. The Morgan fingerprint density at radius 1 is 1.20 bits per heavy atom. The Morgan fingerprint density at radius 3 is 2.54 bits per heavy atom. The van der Waals surface area contributed by atoms with Crippen LogP contribution in [0.3, 0.4) is 0 Å². The summed E-state index contributed by atoms with van der Waals surface area (Å²) in [4.78, 5) is 43.4. The number of fused-ring (bicyclic) bond motifs is 1. The van der Waals surface area contributed by atoms with Gasteiger partial charge in [0.15, 0.2) is 22.9 Å². The van der Waals surface area contributed by atoms with Crippen LogP contribution in [0.4, 0.5) is 0 Å². The summed E-state index contributed by atoms with van der Waals surface area (Å²) in [6.07, 6.45) is 1.31. The van der Waals surface area contributed by atoms with Gasteiger partial charge in [-0.25, -0.2) is 14.6 Å². The molecule has 2 aromatic carbocycles. The second kappa shape index (κ2) is 12.8. The van der Waals surface area contributed by atoms with Gasteiger partial charge >= 0.3 is 11.9 Å². The number of aliphatic carboxylic acids is 1. The van der Waals surface area contributed by atoms with Crippen LogP contribution in [-0.4, -0.2) is 48.5 Å². The van der Waals surface area contributed by atoms with Gasteiger partial charge in [-0.1, -0.05) is 27.3 Å². The number of carboxylic acids is 1. The fourth-order valence-corrected chi connectivity index (χ4v) is 6.53. The summed E-state index contributed by atoms with van der Waals surface area (Å²) >= 11 is 6.70. The molecule has 0 aliphatic carbocycles. The van der Waals surface area contributed by atoms with E-state index in [0.717, 1.165) is 4.47 Å². The molecule has 2 heterocycles. The first kappa shape index (κ1) is 30.8. The topological polar surface area (TPSA) is 126 Å². The second-order valence-electron chi connectivity index (χ2n) is 9.14. The Balaban J connectivity index is 1.93. The third-order valence-corrected chi connectivity index (χ3v) is 8.24. The van der Waals surface area contributed by atoms with Crippen LogP contribution in [0.25, 0.3) is 6.08 Å². The number of esters is 1. The molecule has 0 amide bonds. The van der Waals surface area contributed by atoms with Crippen molar-refractivity contribution in [1.82, 2.24) is 4.57 Å². The minimum Gasteiger partial charge on any atom is -0.496 e. The summed E-state index contributed by atoms with van der Waals surface area (Å²) in [5, 5.41) is 8.99. The fraction of sp³-hybridized carbons (Fsp3) is 0.286. The maximum absolute atomic E-state index is 14.0. The van der Waals surface area contributed by atoms with Crippen molar-refractivity contribution in [3.63, 3.8) is 0 Å². The third-order valence-electron chi connectivity index (χ3n) is 5.96. The average molecular weight is 757 g/mol. The van der Waals surface area contributed by atoms with Crippen LogP contribution in [0.15, 0.2) is 55.9 Å². The average Bonchev–Trinajstić information content (AvgIpc) is 3.20. The lowest BCUT2D eigenvalue weighted by atomic mass is 9.95. The fourth-order valence-electron chi connectivity index (χ4n) is 4.32. The molecule has 1 N–H and O–H groups in total.